The minimum absolute atomic E-state index is 0.131. The molecule has 1 aromatic heterocycles. The van der Waals surface area contributed by atoms with Crippen LogP contribution in [-0.4, -0.2) is 59.5 Å². The molecule has 6 rings (SSSR count). The van der Waals surface area contributed by atoms with Crippen LogP contribution in [0.2, 0.25) is 10.0 Å². The number of piperidine rings is 1. The molecule has 0 unspecified atom stereocenters. The number of fused-ring (bicyclic) bond motifs is 1. The lowest BCUT2D eigenvalue weighted by Crippen LogP contribution is -2.50. The molecule has 3 heterocycles. The zero-order chi connectivity index (χ0) is 29.3. The maximum Gasteiger partial charge on any atom is 0.274 e. The van der Waals surface area contributed by atoms with Crippen molar-refractivity contribution in [1.82, 2.24) is 14.8 Å². The van der Waals surface area contributed by atoms with Crippen LogP contribution in [0.25, 0.3) is 10.9 Å². The maximum atomic E-state index is 13.6. The van der Waals surface area contributed by atoms with Crippen molar-refractivity contribution < 1.29 is 14.3 Å². The van der Waals surface area contributed by atoms with Crippen LogP contribution < -0.4 is 5.73 Å². The molecule has 2 N–H and O–H groups in total. The number of para-hydroxylation sites is 1. The van der Waals surface area contributed by atoms with Crippen LogP contribution in [0, 0.1) is 0 Å². The lowest BCUT2D eigenvalue weighted by Gasteiger charge is -2.41. The number of ether oxygens (including phenoxy) is 1. The van der Waals surface area contributed by atoms with Crippen LogP contribution in [0.5, 0.6) is 0 Å². The number of pyridine rings is 1. The lowest BCUT2D eigenvalue weighted by molar-refractivity contribution is -0.125. The van der Waals surface area contributed by atoms with Gasteiger partial charge in [0.25, 0.3) is 5.91 Å². The zero-order valence-electron chi connectivity index (χ0n) is 23.1. The third kappa shape index (κ3) is 5.38. The first-order valence-electron chi connectivity index (χ1n) is 14.1. The van der Waals surface area contributed by atoms with Gasteiger partial charge in [-0.1, -0.05) is 83.9 Å². The van der Waals surface area contributed by atoms with Gasteiger partial charge in [-0.2, -0.15) is 0 Å². The summed E-state index contributed by atoms with van der Waals surface area (Å²) in [6, 6.07) is 26.7. The first-order valence-corrected chi connectivity index (χ1v) is 14.9. The molecule has 0 spiro atoms. The standard InChI is InChI=1S/C33H32Cl2N4O3/c34-26-12-11-25(20-27(26)35)33(16-19-38-17-14-32(15-18-38,31(36)41)24-7-2-1-3-8-24)21-39(22-42-33)30(40)29-13-10-23-6-4-5-9-28(23)37-29/h1-13,20H,14-19,21-22H2,(H2,36,41)/t33-/m0/s1. The minimum Gasteiger partial charge on any atom is -0.369 e. The summed E-state index contributed by atoms with van der Waals surface area (Å²) in [5, 5.41) is 1.87. The Hall–Kier alpha value is -3.49. The van der Waals surface area contributed by atoms with E-state index in [0.29, 0.717) is 48.1 Å². The number of likely N-dealkylation sites (tertiary alicyclic amines) is 1. The molecule has 216 valence electrons. The van der Waals surface area contributed by atoms with Crippen molar-refractivity contribution in [3.63, 3.8) is 0 Å². The minimum atomic E-state index is -0.779. The highest BCUT2D eigenvalue weighted by atomic mass is 35.5. The van der Waals surface area contributed by atoms with E-state index in [2.05, 4.69) is 9.88 Å². The van der Waals surface area contributed by atoms with Gasteiger partial charge in [0, 0.05) is 11.9 Å². The van der Waals surface area contributed by atoms with Gasteiger partial charge in [0.2, 0.25) is 5.91 Å². The molecule has 2 fully saturated rings. The second-order valence-electron chi connectivity index (χ2n) is 11.2. The van der Waals surface area contributed by atoms with E-state index in [1.807, 2.05) is 72.8 Å². The van der Waals surface area contributed by atoms with Gasteiger partial charge in [0.1, 0.15) is 18.0 Å². The number of rotatable bonds is 7. The van der Waals surface area contributed by atoms with E-state index in [-0.39, 0.29) is 18.5 Å². The molecule has 7 nitrogen and oxygen atoms in total. The number of primary amides is 1. The molecule has 2 aliphatic heterocycles. The summed E-state index contributed by atoms with van der Waals surface area (Å²) in [6.07, 6.45) is 1.91. The predicted molar refractivity (Wildman–Crippen MR) is 164 cm³/mol. The number of benzene rings is 3. The van der Waals surface area contributed by atoms with Gasteiger partial charge >= 0.3 is 0 Å². The van der Waals surface area contributed by atoms with Crippen LogP contribution in [0.15, 0.2) is 84.9 Å². The van der Waals surface area contributed by atoms with E-state index in [1.54, 1.807) is 17.0 Å². The summed E-state index contributed by atoms with van der Waals surface area (Å²) < 4.78 is 6.48. The molecule has 1 atom stereocenters. The van der Waals surface area contributed by atoms with Gasteiger partial charge in [-0.25, -0.2) is 4.98 Å². The van der Waals surface area contributed by atoms with Crippen LogP contribution in [0.1, 0.15) is 40.9 Å². The second kappa shape index (κ2) is 11.7. The lowest BCUT2D eigenvalue weighted by atomic mass is 9.72. The van der Waals surface area contributed by atoms with Gasteiger partial charge in [-0.3, -0.25) is 9.59 Å². The highest BCUT2D eigenvalue weighted by molar-refractivity contribution is 6.42. The van der Waals surface area contributed by atoms with Gasteiger partial charge in [0.05, 0.1) is 27.5 Å². The number of halogens is 2. The number of nitrogens with two attached hydrogens (primary N) is 1. The zero-order valence-corrected chi connectivity index (χ0v) is 24.7. The highest BCUT2D eigenvalue weighted by Crippen LogP contribution is 2.40. The van der Waals surface area contributed by atoms with Crippen molar-refractivity contribution in [3.8, 4) is 0 Å². The molecular weight excluding hydrogens is 571 g/mol. The average Bonchev–Trinajstić information content (AvgIpc) is 3.47. The van der Waals surface area contributed by atoms with Gasteiger partial charge in [-0.05, 0) is 67.7 Å². The van der Waals surface area contributed by atoms with E-state index >= 15 is 0 Å². The van der Waals surface area contributed by atoms with E-state index in [0.717, 1.165) is 35.1 Å². The number of nitrogens with zero attached hydrogens (tertiary/aromatic N) is 3. The molecule has 3 aromatic carbocycles. The quantitative estimate of drug-likeness (QED) is 0.290. The van der Waals surface area contributed by atoms with Crippen molar-refractivity contribution in [2.75, 3.05) is 32.9 Å². The largest absolute Gasteiger partial charge is 0.369 e. The Morgan fingerprint density at radius 3 is 2.36 bits per heavy atom. The summed E-state index contributed by atoms with van der Waals surface area (Å²) in [5.74, 6) is -0.467. The summed E-state index contributed by atoms with van der Waals surface area (Å²) in [7, 11) is 0. The molecule has 2 saturated heterocycles. The number of amides is 2. The Morgan fingerprint density at radius 2 is 1.62 bits per heavy atom. The maximum absolute atomic E-state index is 13.6. The SMILES string of the molecule is NC(=O)C1(c2ccccc2)CCN(CC[C@@]2(c3ccc(Cl)c(Cl)c3)CN(C(=O)c3ccc4ccccc4n3)CO2)CC1. The Balaban J connectivity index is 1.20. The molecular formula is C33H32Cl2N4O3. The summed E-state index contributed by atoms with van der Waals surface area (Å²) >= 11 is 12.7. The second-order valence-corrected chi connectivity index (χ2v) is 12.0. The average molecular weight is 604 g/mol. The Morgan fingerprint density at radius 1 is 0.881 bits per heavy atom. The monoisotopic (exact) mass is 602 g/mol. The van der Waals surface area contributed by atoms with Crippen molar-refractivity contribution in [1.29, 1.82) is 0 Å². The fourth-order valence-electron chi connectivity index (χ4n) is 6.26. The molecule has 9 heteroatoms. The first-order chi connectivity index (χ1) is 20.3. The van der Waals surface area contributed by atoms with E-state index < -0.39 is 11.0 Å². The first kappa shape index (κ1) is 28.6. The summed E-state index contributed by atoms with van der Waals surface area (Å²) in [5.41, 5.74) is 7.49. The van der Waals surface area contributed by atoms with Crippen molar-refractivity contribution >= 4 is 45.9 Å². The Bertz CT molecular complexity index is 1620. The number of carbonyl (C=O) groups is 2. The van der Waals surface area contributed by atoms with Crippen LogP contribution >= 0.6 is 23.2 Å². The van der Waals surface area contributed by atoms with Crippen LogP contribution in [0.4, 0.5) is 0 Å². The smallest absolute Gasteiger partial charge is 0.274 e. The number of aromatic nitrogens is 1. The molecule has 2 aliphatic rings. The fraction of sp³-hybridized carbons (Fsp3) is 0.303. The summed E-state index contributed by atoms with van der Waals surface area (Å²) in [6.45, 7) is 2.63. The highest BCUT2D eigenvalue weighted by Gasteiger charge is 2.45. The van der Waals surface area contributed by atoms with E-state index in [1.165, 1.54) is 0 Å². The molecule has 0 bridgehead atoms. The molecule has 0 aliphatic carbocycles. The molecule has 2 amide bonds. The van der Waals surface area contributed by atoms with Gasteiger partial charge in [-0.15, -0.1) is 0 Å². The molecule has 42 heavy (non-hydrogen) atoms. The molecule has 4 aromatic rings. The molecule has 0 saturated carbocycles. The Kier molecular flexibility index (Phi) is 7.94. The van der Waals surface area contributed by atoms with Crippen molar-refractivity contribution in [3.05, 3.63) is 112 Å². The Labute approximate surface area is 255 Å². The summed E-state index contributed by atoms with van der Waals surface area (Å²) in [4.78, 5) is 34.9. The number of hydrogen-bond acceptors (Lipinski definition) is 5. The third-order valence-corrected chi connectivity index (χ3v) is 9.57. The topological polar surface area (TPSA) is 88.8 Å². The normalized spacial score (nSPS) is 20.6. The van der Waals surface area contributed by atoms with Crippen molar-refractivity contribution in [2.24, 2.45) is 5.73 Å². The predicted octanol–water partition coefficient (Wildman–Crippen LogP) is 5.78. The number of hydrogen-bond donors (Lipinski definition) is 1. The van der Waals surface area contributed by atoms with Gasteiger partial charge < -0.3 is 20.3 Å². The van der Waals surface area contributed by atoms with Crippen LogP contribution in [-0.2, 0) is 20.5 Å². The fourth-order valence-corrected chi connectivity index (χ4v) is 6.56. The van der Waals surface area contributed by atoms with E-state index in [4.69, 9.17) is 33.7 Å². The number of carbonyl (C=O) groups excluding carboxylic acids is 2. The van der Waals surface area contributed by atoms with Crippen molar-refractivity contribution in [2.45, 2.75) is 30.3 Å². The van der Waals surface area contributed by atoms with Crippen LogP contribution in [0.3, 0.4) is 0 Å². The van der Waals surface area contributed by atoms with Gasteiger partial charge in [0.15, 0.2) is 0 Å². The third-order valence-electron chi connectivity index (χ3n) is 8.83. The van der Waals surface area contributed by atoms with E-state index in [9.17, 15) is 9.59 Å². The molecule has 0 radical (unpaired) electrons.